The third kappa shape index (κ3) is 4.41. The molecule has 3 aromatic rings. The third-order valence-electron chi connectivity index (χ3n) is 6.87. The van der Waals surface area contributed by atoms with Crippen LogP contribution in [0.15, 0.2) is 67.3 Å². The van der Waals surface area contributed by atoms with Gasteiger partial charge in [0.15, 0.2) is 0 Å². The standard InChI is InChI=1S/C28H24Cl3N3O2/c1-2-10-33-14-18(16-35)22(15-33)17-11-20(19-6-3-4-7-23(19)29)21-13-32-28(36)34(26(21)12-17)27-24(30)8-5-9-25(27)31/h2-9,11-12,16,18,22H,1,10,13-15H2,(H,32,36)/t18-,22?/m1/s1. The summed E-state index contributed by atoms with van der Waals surface area (Å²) in [6.45, 7) is 6.22. The van der Waals surface area contributed by atoms with Gasteiger partial charge in [0.25, 0.3) is 0 Å². The van der Waals surface area contributed by atoms with Gasteiger partial charge in [-0.1, -0.05) is 71.2 Å². The Labute approximate surface area is 225 Å². The number of hydrogen-bond acceptors (Lipinski definition) is 3. The molecule has 0 radical (unpaired) electrons. The molecule has 36 heavy (non-hydrogen) atoms. The van der Waals surface area contributed by atoms with Crippen molar-refractivity contribution in [3.63, 3.8) is 0 Å². The van der Waals surface area contributed by atoms with Gasteiger partial charge in [0, 0.05) is 54.2 Å². The Morgan fingerprint density at radius 2 is 1.69 bits per heavy atom. The molecular formula is C28H24Cl3N3O2. The highest BCUT2D eigenvalue weighted by atomic mass is 35.5. The van der Waals surface area contributed by atoms with Gasteiger partial charge in [-0.15, -0.1) is 6.58 Å². The van der Waals surface area contributed by atoms with Crippen LogP contribution in [0, 0.1) is 5.92 Å². The second kappa shape index (κ2) is 10.3. The van der Waals surface area contributed by atoms with Crippen molar-refractivity contribution in [3.8, 4) is 11.1 Å². The first-order valence-corrected chi connectivity index (χ1v) is 12.8. The minimum Gasteiger partial charge on any atom is -0.333 e. The highest BCUT2D eigenvalue weighted by Crippen LogP contribution is 2.46. The predicted octanol–water partition coefficient (Wildman–Crippen LogP) is 7.08. The summed E-state index contributed by atoms with van der Waals surface area (Å²) in [6.07, 6.45) is 2.87. The summed E-state index contributed by atoms with van der Waals surface area (Å²) in [4.78, 5) is 29.1. The number of hydrogen-bond donors (Lipinski definition) is 1. The van der Waals surface area contributed by atoms with Crippen LogP contribution in [-0.4, -0.2) is 36.9 Å². The number of urea groups is 1. The number of anilines is 2. The Hall–Kier alpha value is -2.83. The van der Waals surface area contributed by atoms with Gasteiger partial charge >= 0.3 is 6.03 Å². The molecule has 2 amide bonds. The second-order valence-corrected chi connectivity index (χ2v) is 10.2. The molecule has 184 valence electrons. The van der Waals surface area contributed by atoms with Crippen molar-refractivity contribution < 1.29 is 9.59 Å². The monoisotopic (exact) mass is 539 g/mol. The molecule has 1 N–H and O–H groups in total. The van der Waals surface area contributed by atoms with Crippen LogP contribution in [0.3, 0.4) is 0 Å². The molecule has 0 aromatic heterocycles. The zero-order chi connectivity index (χ0) is 25.4. The van der Waals surface area contributed by atoms with E-state index in [1.54, 1.807) is 18.2 Å². The first kappa shape index (κ1) is 24.8. The van der Waals surface area contributed by atoms with Crippen LogP contribution in [0.4, 0.5) is 16.2 Å². The van der Waals surface area contributed by atoms with Crippen LogP contribution in [0.1, 0.15) is 17.0 Å². The van der Waals surface area contributed by atoms with Crippen molar-refractivity contribution in [3.05, 3.63) is 93.4 Å². The van der Waals surface area contributed by atoms with Gasteiger partial charge in [-0.2, -0.15) is 0 Å². The highest BCUT2D eigenvalue weighted by molar-refractivity contribution is 6.40. The van der Waals surface area contributed by atoms with Gasteiger partial charge in [0.2, 0.25) is 0 Å². The average Bonchev–Trinajstić information content (AvgIpc) is 3.28. The van der Waals surface area contributed by atoms with E-state index in [0.717, 1.165) is 28.5 Å². The van der Waals surface area contributed by atoms with Gasteiger partial charge in [-0.05, 0) is 35.4 Å². The van der Waals surface area contributed by atoms with E-state index >= 15 is 0 Å². The average molecular weight is 541 g/mol. The van der Waals surface area contributed by atoms with Crippen LogP contribution in [0.2, 0.25) is 15.1 Å². The molecule has 2 aliphatic heterocycles. The number of para-hydroxylation sites is 1. The summed E-state index contributed by atoms with van der Waals surface area (Å²) < 4.78 is 0. The molecule has 0 saturated carbocycles. The molecule has 0 aliphatic carbocycles. The third-order valence-corrected chi connectivity index (χ3v) is 7.80. The van der Waals surface area contributed by atoms with E-state index in [4.69, 9.17) is 34.8 Å². The van der Waals surface area contributed by atoms with Crippen molar-refractivity contribution in [2.45, 2.75) is 12.5 Å². The first-order valence-electron chi connectivity index (χ1n) is 11.6. The molecule has 5 nitrogen and oxygen atoms in total. The van der Waals surface area contributed by atoms with Crippen molar-refractivity contribution in [2.24, 2.45) is 5.92 Å². The van der Waals surface area contributed by atoms with Crippen LogP contribution in [0.25, 0.3) is 11.1 Å². The molecular weight excluding hydrogens is 517 g/mol. The number of carbonyl (C=O) groups excluding carboxylic acids is 2. The number of halogens is 3. The maximum atomic E-state index is 13.3. The number of amides is 2. The van der Waals surface area contributed by atoms with E-state index < -0.39 is 0 Å². The largest absolute Gasteiger partial charge is 0.333 e. The molecule has 1 unspecified atom stereocenters. The number of rotatable bonds is 6. The summed E-state index contributed by atoms with van der Waals surface area (Å²) in [5, 5.41) is 4.27. The summed E-state index contributed by atoms with van der Waals surface area (Å²) >= 11 is 19.8. The van der Waals surface area contributed by atoms with Gasteiger partial charge in [-0.3, -0.25) is 9.80 Å². The van der Waals surface area contributed by atoms with E-state index in [9.17, 15) is 9.59 Å². The van der Waals surface area contributed by atoms with Crippen molar-refractivity contribution in [2.75, 3.05) is 24.5 Å². The maximum absolute atomic E-state index is 13.3. The Bertz CT molecular complexity index is 1340. The lowest BCUT2D eigenvalue weighted by Crippen LogP contribution is -2.42. The summed E-state index contributed by atoms with van der Waals surface area (Å²) in [7, 11) is 0. The molecule has 1 fully saturated rings. The second-order valence-electron chi connectivity index (χ2n) is 9.02. The number of fused-ring (bicyclic) bond motifs is 1. The minimum atomic E-state index is -0.327. The molecule has 0 spiro atoms. The van der Waals surface area contributed by atoms with Crippen molar-refractivity contribution in [1.82, 2.24) is 10.2 Å². The van der Waals surface area contributed by atoms with Crippen molar-refractivity contribution >= 4 is 58.5 Å². The summed E-state index contributed by atoms with van der Waals surface area (Å²) in [5.41, 5.74) is 4.68. The fourth-order valence-corrected chi connectivity index (χ4v) is 6.01. The first-order chi connectivity index (χ1) is 17.4. The lowest BCUT2D eigenvalue weighted by Gasteiger charge is -2.34. The summed E-state index contributed by atoms with van der Waals surface area (Å²) in [5.74, 6) is -0.237. The smallest absolute Gasteiger partial charge is 0.326 e. The van der Waals surface area contributed by atoms with E-state index in [0.29, 0.717) is 52.6 Å². The van der Waals surface area contributed by atoms with Crippen molar-refractivity contribution in [1.29, 1.82) is 0 Å². The molecule has 0 bridgehead atoms. The zero-order valence-corrected chi connectivity index (χ0v) is 21.7. The lowest BCUT2D eigenvalue weighted by molar-refractivity contribution is -0.111. The molecule has 8 heteroatoms. The number of nitrogens with one attached hydrogen (secondary N) is 1. The topological polar surface area (TPSA) is 52.6 Å². The number of nitrogens with zero attached hydrogens (tertiary/aromatic N) is 2. The van der Waals surface area contributed by atoms with Crippen LogP contribution < -0.4 is 10.2 Å². The number of benzene rings is 3. The van der Waals surface area contributed by atoms with Gasteiger partial charge < -0.3 is 10.1 Å². The molecule has 2 atom stereocenters. The lowest BCUT2D eigenvalue weighted by atomic mass is 9.85. The SMILES string of the molecule is C=CCN1CC(c2cc(-c3ccccc3Cl)c3c(c2)N(c2c(Cl)cccc2Cl)C(=O)NC3)[C@@H](C=O)C1. The van der Waals surface area contributed by atoms with E-state index in [1.165, 1.54) is 4.90 Å². The van der Waals surface area contributed by atoms with Crippen LogP contribution in [-0.2, 0) is 11.3 Å². The van der Waals surface area contributed by atoms with Gasteiger partial charge in [-0.25, -0.2) is 4.79 Å². The number of carbonyl (C=O) groups is 2. The van der Waals surface area contributed by atoms with Crippen LogP contribution >= 0.6 is 34.8 Å². The minimum absolute atomic E-state index is 0.0532. The predicted molar refractivity (Wildman–Crippen MR) is 147 cm³/mol. The number of aldehydes is 1. The van der Waals surface area contributed by atoms with Gasteiger partial charge in [0.05, 0.1) is 21.4 Å². The molecule has 1 saturated heterocycles. The fourth-order valence-electron chi connectivity index (χ4n) is 5.21. The zero-order valence-electron chi connectivity index (χ0n) is 19.4. The Balaban J connectivity index is 1.75. The number of likely N-dealkylation sites (tertiary alicyclic amines) is 1. The molecule has 2 heterocycles. The molecule has 5 rings (SSSR count). The van der Waals surface area contributed by atoms with E-state index in [1.807, 2.05) is 36.4 Å². The quantitative estimate of drug-likeness (QED) is 0.269. The Morgan fingerprint density at radius 3 is 2.39 bits per heavy atom. The molecule has 3 aromatic carbocycles. The Morgan fingerprint density at radius 1 is 0.972 bits per heavy atom. The normalized spacial score (nSPS) is 19.6. The summed E-state index contributed by atoms with van der Waals surface area (Å²) in [6, 6.07) is 16.5. The van der Waals surface area contributed by atoms with E-state index in [2.05, 4.69) is 22.9 Å². The van der Waals surface area contributed by atoms with E-state index in [-0.39, 0.29) is 17.9 Å². The maximum Gasteiger partial charge on any atom is 0.326 e. The fraction of sp³-hybridized carbons (Fsp3) is 0.214. The van der Waals surface area contributed by atoms with Gasteiger partial charge in [0.1, 0.15) is 6.29 Å². The van der Waals surface area contributed by atoms with Crippen LogP contribution in [0.5, 0.6) is 0 Å². The Kier molecular flexibility index (Phi) is 7.09. The molecule has 2 aliphatic rings. The highest BCUT2D eigenvalue weighted by Gasteiger charge is 2.36.